The van der Waals surface area contributed by atoms with Crippen molar-refractivity contribution in [1.82, 2.24) is 19.7 Å². The van der Waals surface area contributed by atoms with Crippen molar-refractivity contribution < 1.29 is 0 Å². The van der Waals surface area contributed by atoms with E-state index in [2.05, 4.69) is 31.0 Å². The molecular formula is C9H9BrN4. The van der Waals surface area contributed by atoms with Crippen LogP contribution in [0.4, 0.5) is 0 Å². The molecule has 0 radical (unpaired) electrons. The van der Waals surface area contributed by atoms with Crippen LogP contribution in [0.5, 0.6) is 0 Å². The Bertz CT molecular complexity index is 421. The van der Waals surface area contributed by atoms with Gasteiger partial charge in [-0.15, -0.1) is 0 Å². The number of aryl methyl sites for hydroxylation is 1. The van der Waals surface area contributed by atoms with Crippen molar-refractivity contribution in [1.29, 1.82) is 0 Å². The van der Waals surface area contributed by atoms with Crippen LogP contribution in [0, 0.1) is 6.92 Å². The van der Waals surface area contributed by atoms with Crippen LogP contribution in [-0.2, 0) is 6.54 Å². The first-order valence-electron chi connectivity index (χ1n) is 4.19. The molecule has 0 saturated carbocycles. The Morgan fingerprint density at radius 1 is 1.29 bits per heavy atom. The summed E-state index contributed by atoms with van der Waals surface area (Å²) < 4.78 is 2.78. The lowest BCUT2D eigenvalue weighted by atomic mass is 10.4. The molecule has 2 heterocycles. The first-order chi connectivity index (χ1) is 6.74. The molecule has 2 aromatic rings. The Labute approximate surface area is 90.1 Å². The van der Waals surface area contributed by atoms with Gasteiger partial charge < -0.3 is 0 Å². The fourth-order valence-electron chi connectivity index (χ4n) is 1.09. The van der Waals surface area contributed by atoms with E-state index in [0.29, 0.717) is 6.54 Å². The van der Waals surface area contributed by atoms with Gasteiger partial charge in [-0.3, -0.25) is 14.6 Å². The summed E-state index contributed by atoms with van der Waals surface area (Å²) >= 11 is 3.34. The lowest BCUT2D eigenvalue weighted by molar-refractivity contribution is 0.668. The van der Waals surface area contributed by atoms with Crippen LogP contribution in [-0.4, -0.2) is 19.7 Å². The molecule has 4 nitrogen and oxygen atoms in total. The van der Waals surface area contributed by atoms with Crippen LogP contribution >= 0.6 is 15.9 Å². The molecule has 0 N–H and O–H groups in total. The van der Waals surface area contributed by atoms with E-state index in [0.717, 1.165) is 15.9 Å². The van der Waals surface area contributed by atoms with Gasteiger partial charge in [-0.1, -0.05) is 0 Å². The monoisotopic (exact) mass is 252 g/mol. The predicted molar refractivity (Wildman–Crippen MR) is 55.8 cm³/mol. The topological polar surface area (TPSA) is 43.6 Å². The lowest BCUT2D eigenvalue weighted by Gasteiger charge is -2.00. The zero-order chi connectivity index (χ0) is 9.97. The van der Waals surface area contributed by atoms with E-state index in [1.165, 1.54) is 0 Å². The maximum atomic E-state index is 4.24. The SMILES string of the molecule is Cc1cnc(Cn2cc(Br)cn2)cn1. The minimum atomic E-state index is 0.652. The van der Waals surface area contributed by atoms with Crippen LogP contribution in [0.2, 0.25) is 0 Å². The Morgan fingerprint density at radius 3 is 2.71 bits per heavy atom. The number of hydrogen-bond acceptors (Lipinski definition) is 3. The maximum Gasteiger partial charge on any atom is 0.0847 e. The summed E-state index contributed by atoms with van der Waals surface area (Å²) in [5.74, 6) is 0. The van der Waals surface area contributed by atoms with Gasteiger partial charge in [-0.25, -0.2) is 0 Å². The summed E-state index contributed by atoms with van der Waals surface area (Å²) in [6.45, 7) is 2.57. The fraction of sp³-hybridized carbons (Fsp3) is 0.222. The van der Waals surface area contributed by atoms with E-state index in [4.69, 9.17) is 0 Å². The number of hydrogen-bond donors (Lipinski definition) is 0. The Hall–Kier alpha value is -1.23. The third-order valence-corrected chi connectivity index (χ3v) is 2.17. The quantitative estimate of drug-likeness (QED) is 0.819. The normalized spacial score (nSPS) is 10.4. The number of aromatic nitrogens is 4. The first kappa shape index (κ1) is 9.33. The molecule has 0 aliphatic heterocycles. The third-order valence-electron chi connectivity index (χ3n) is 1.76. The minimum Gasteiger partial charge on any atom is -0.266 e. The second-order valence-electron chi connectivity index (χ2n) is 3.01. The second-order valence-corrected chi connectivity index (χ2v) is 3.92. The largest absolute Gasteiger partial charge is 0.266 e. The Kier molecular flexibility index (Phi) is 2.58. The van der Waals surface area contributed by atoms with Gasteiger partial charge in [-0.2, -0.15) is 5.10 Å². The van der Waals surface area contributed by atoms with Gasteiger partial charge in [0.2, 0.25) is 0 Å². The highest BCUT2D eigenvalue weighted by Crippen LogP contribution is 2.07. The fourth-order valence-corrected chi connectivity index (χ4v) is 1.42. The maximum absolute atomic E-state index is 4.24. The molecule has 0 bridgehead atoms. The standard InChI is InChI=1S/C9H9BrN4/c1-7-2-12-9(4-11-7)6-14-5-8(10)3-13-14/h2-5H,6H2,1H3. The van der Waals surface area contributed by atoms with Gasteiger partial charge >= 0.3 is 0 Å². The summed E-state index contributed by atoms with van der Waals surface area (Å²) in [7, 11) is 0. The molecule has 0 atom stereocenters. The average molecular weight is 253 g/mol. The highest BCUT2D eigenvalue weighted by Gasteiger charge is 1.98. The zero-order valence-electron chi connectivity index (χ0n) is 7.68. The molecule has 2 rings (SSSR count). The van der Waals surface area contributed by atoms with Gasteiger partial charge in [0.15, 0.2) is 0 Å². The van der Waals surface area contributed by atoms with Crippen molar-refractivity contribution in [2.45, 2.75) is 13.5 Å². The summed E-state index contributed by atoms with van der Waals surface area (Å²) in [6.07, 6.45) is 7.18. The number of halogens is 1. The van der Waals surface area contributed by atoms with Crippen molar-refractivity contribution in [3.63, 3.8) is 0 Å². The molecule has 0 spiro atoms. The van der Waals surface area contributed by atoms with Crippen molar-refractivity contribution in [2.75, 3.05) is 0 Å². The van der Waals surface area contributed by atoms with E-state index >= 15 is 0 Å². The number of rotatable bonds is 2. The third kappa shape index (κ3) is 2.17. The molecule has 72 valence electrons. The molecule has 0 aliphatic rings. The van der Waals surface area contributed by atoms with Crippen LogP contribution in [0.1, 0.15) is 11.4 Å². The molecule has 14 heavy (non-hydrogen) atoms. The van der Waals surface area contributed by atoms with E-state index in [-0.39, 0.29) is 0 Å². The molecule has 0 unspecified atom stereocenters. The van der Waals surface area contributed by atoms with E-state index in [1.807, 2.05) is 17.8 Å². The van der Waals surface area contributed by atoms with Crippen molar-refractivity contribution in [3.05, 3.63) is 40.6 Å². The molecular weight excluding hydrogens is 244 g/mol. The van der Waals surface area contributed by atoms with Crippen molar-refractivity contribution in [3.8, 4) is 0 Å². The van der Waals surface area contributed by atoms with Gasteiger partial charge in [0.1, 0.15) is 0 Å². The van der Waals surface area contributed by atoms with Gasteiger partial charge in [0.25, 0.3) is 0 Å². The van der Waals surface area contributed by atoms with Gasteiger partial charge in [-0.05, 0) is 22.9 Å². The molecule has 0 amide bonds. The molecule has 2 aromatic heterocycles. The Morgan fingerprint density at radius 2 is 2.14 bits per heavy atom. The molecule has 0 fully saturated rings. The van der Waals surface area contributed by atoms with E-state index in [1.54, 1.807) is 18.6 Å². The highest BCUT2D eigenvalue weighted by atomic mass is 79.9. The summed E-state index contributed by atoms with van der Waals surface area (Å²) in [5.41, 5.74) is 1.83. The van der Waals surface area contributed by atoms with Crippen LogP contribution in [0.3, 0.4) is 0 Å². The summed E-state index contributed by atoms with van der Waals surface area (Å²) in [4.78, 5) is 8.41. The summed E-state index contributed by atoms with van der Waals surface area (Å²) in [6, 6.07) is 0. The van der Waals surface area contributed by atoms with Crippen LogP contribution in [0.15, 0.2) is 29.3 Å². The average Bonchev–Trinajstić information content (AvgIpc) is 2.56. The highest BCUT2D eigenvalue weighted by molar-refractivity contribution is 9.10. The lowest BCUT2D eigenvalue weighted by Crippen LogP contribution is -2.02. The van der Waals surface area contributed by atoms with E-state index < -0.39 is 0 Å². The zero-order valence-corrected chi connectivity index (χ0v) is 9.27. The molecule has 5 heteroatoms. The second kappa shape index (κ2) is 3.88. The summed E-state index contributed by atoms with van der Waals surface area (Å²) in [5, 5.41) is 4.14. The molecule has 0 aliphatic carbocycles. The van der Waals surface area contributed by atoms with Gasteiger partial charge in [0.05, 0.1) is 34.8 Å². The van der Waals surface area contributed by atoms with Gasteiger partial charge in [0, 0.05) is 12.4 Å². The predicted octanol–water partition coefficient (Wildman–Crippen LogP) is 1.79. The minimum absolute atomic E-state index is 0.652. The Balaban J connectivity index is 2.15. The van der Waals surface area contributed by atoms with Crippen LogP contribution in [0.25, 0.3) is 0 Å². The van der Waals surface area contributed by atoms with E-state index in [9.17, 15) is 0 Å². The van der Waals surface area contributed by atoms with Crippen LogP contribution < -0.4 is 0 Å². The molecule has 0 aromatic carbocycles. The molecule has 0 saturated heterocycles. The first-order valence-corrected chi connectivity index (χ1v) is 4.99. The number of nitrogens with zero attached hydrogens (tertiary/aromatic N) is 4. The van der Waals surface area contributed by atoms with Crippen molar-refractivity contribution >= 4 is 15.9 Å². The smallest absolute Gasteiger partial charge is 0.0847 e. The van der Waals surface area contributed by atoms with Crippen molar-refractivity contribution in [2.24, 2.45) is 0 Å².